The zero-order chi connectivity index (χ0) is 16.4. The highest BCUT2D eigenvalue weighted by Crippen LogP contribution is 2.14. The Bertz CT molecular complexity index is 287. The first kappa shape index (κ1) is 20.0. The first-order valence-electron chi connectivity index (χ1n) is 7.77. The maximum absolute atomic E-state index is 13.5. The number of esters is 2. The number of ether oxygens (including phenoxy) is 1. The van der Waals surface area contributed by atoms with E-state index in [0.717, 1.165) is 12.8 Å². The van der Waals surface area contributed by atoms with Crippen molar-refractivity contribution in [3.63, 3.8) is 0 Å². The second kappa shape index (κ2) is 10.7. The van der Waals surface area contributed by atoms with Crippen molar-refractivity contribution in [1.82, 2.24) is 0 Å². The van der Waals surface area contributed by atoms with E-state index in [-0.39, 0.29) is 12.8 Å². The fourth-order valence-corrected chi connectivity index (χ4v) is 1.87. The Morgan fingerprint density at radius 1 is 0.762 bits per heavy atom. The molecule has 0 aromatic rings. The molecule has 0 N–H and O–H groups in total. The third-order valence-corrected chi connectivity index (χ3v) is 3.19. The molecular weight excluding hydrogens is 278 g/mol. The highest BCUT2D eigenvalue weighted by Gasteiger charge is 2.26. The Balaban J connectivity index is 3.98. The van der Waals surface area contributed by atoms with Crippen molar-refractivity contribution in [3.8, 4) is 0 Å². The smallest absolute Gasteiger partial charge is 0.348 e. The highest BCUT2D eigenvalue weighted by molar-refractivity contribution is 5.89. The van der Waals surface area contributed by atoms with Gasteiger partial charge >= 0.3 is 11.9 Å². The predicted octanol–water partition coefficient (Wildman–Crippen LogP) is 4.39. The van der Waals surface area contributed by atoms with E-state index in [9.17, 15) is 18.4 Å². The summed E-state index contributed by atoms with van der Waals surface area (Å²) in [6.45, 7) is 8.00. The number of halogens is 2. The van der Waals surface area contributed by atoms with Crippen molar-refractivity contribution >= 4 is 11.9 Å². The number of alkyl halides is 2. The molecule has 5 heteroatoms. The largest absolute Gasteiger partial charge is 0.389 e. The van der Waals surface area contributed by atoms with E-state index >= 15 is 0 Å². The molecule has 0 aromatic heterocycles. The third kappa shape index (κ3) is 10.4. The number of carbonyl (C=O) groups excluding carboxylic acids is 2. The molecule has 0 aliphatic carbocycles. The maximum Gasteiger partial charge on any atom is 0.348 e. The van der Waals surface area contributed by atoms with Crippen LogP contribution in [0.15, 0.2) is 0 Å². The molecule has 0 aliphatic rings. The zero-order valence-corrected chi connectivity index (χ0v) is 13.5. The molecule has 0 spiro atoms. The lowest BCUT2D eigenvalue weighted by atomic mass is 10.0. The first-order chi connectivity index (χ1) is 9.73. The van der Waals surface area contributed by atoms with Gasteiger partial charge in [-0.2, -0.15) is 0 Å². The molecule has 124 valence electrons. The van der Waals surface area contributed by atoms with Crippen molar-refractivity contribution < 1.29 is 23.1 Å². The molecule has 0 aromatic carbocycles. The fourth-order valence-electron chi connectivity index (χ4n) is 1.87. The second-order valence-corrected chi connectivity index (χ2v) is 6.32. The van der Waals surface area contributed by atoms with Gasteiger partial charge in [-0.3, -0.25) is 0 Å². The average molecular weight is 306 g/mol. The number of carbonyl (C=O) groups is 2. The highest BCUT2D eigenvalue weighted by atomic mass is 19.1. The Morgan fingerprint density at radius 3 is 1.38 bits per heavy atom. The third-order valence-electron chi connectivity index (χ3n) is 3.19. The lowest BCUT2D eigenvalue weighted by Crippen LogP contribution is -2.27. The lowest BCUT2D eigenvalue weighted by molar-refractivity contribution is -0.167. The summed E-state index contributed by atoms with van der Waals surface area (Å²) in [7, 11) is 0. The minimum Gasteiger partial charge on any atom is -0.389 e. The van der Waals surface area contributed by atoms with Crippen LogP contribution in [0.1, 0.15) is 66.2 Å². The van der Waals surface area contributed by atoms with Gasteiger partial charge < -0.3 is 4.74 Å². The van der Waals surface area contributed by atoms with Gasteiger partial charge in [-0.05, 0) is 37.5 Å². The van der Waals surface area contributed by atoms with Crippen LogP contribution in [0.25, 0.3) is 0 Å². The molecule has 0 aliphatic heterocycles. The SMILES string of the molecule is CC(C)CCCC(F)C(=O)OC(=O)C(F)CCCC(C)C. The van der Waals surface area contributed by atoms with Gasteiger partial charge in [0.25, 0.3) is 0 Å². The van der Waals surface area contributed by atoms with E-state index in [4.69, 9.17) is 0 Å². The van der Waals surface area contributed by atoms with Crippen LogP contribution in [0.4, 0.5) is 8.78 Å². The summed E-state index contributed by atoms with van der Waals surface area (Å²) in [5.74, 6) is -1.69. The molecule has 0 fully saturated rings. The van der Waals surface area contributed by atoms with Crippen LogP contribution in [0.3, 0.4) is 0 Å². The van der Waals surface area contributed by atoms with E-state index in [1.54, 1.807) is 0 Å². The number of hydrogen-bond acceptors (Lipinski definition) is 3. The summed E-state index contributed by atoms with van der Waals surface area (Å²) >= 11 is 0. The summed E-state index contributed by atoms with van der Waals surface area (Å²) in [6, 6.07) is 0. The van der Waals surface area contributed by atoms with Crippen molar-refractivity contribution in [2.24, 2.45) is 11.8 Å². The van der Waals surface area contributed by atoms with Crippen LogP contribution >= 0.6 is 0 Å². The minimum absolute atomic E-state index is 0.00853. The molecule has 2 atom stereocenters. The second-order valence-electron chi connectivity index (χ2n) is 6.32. The van der Waals surface area contributed by atoms with Crippen molar-refractivity contribution in [2.75, 3.05) is 0 Å². The van der Waals surface area contributed by atoms with E-state index in [1.807, 2.05) is 27.7 Å². The van der Waals surface area contributed by atoms with Gasteiger partial charge in [0.1, 0.15) is 0 Å². The van der Waals surface area contributed by atoms with E-state index in [1.165, 1.54) is 0 Å². The molecule has 0 radical (unpaired) electrons. The monoisotopic (exact) mass is 306 g/mol. The van der Waals surface area contributed by atoms with Gasteiger partial charge in [0.05, 0.1) is 0 Å². The van der Waals surface area contributed by atoms with Gasteiger partial charge in [0, 0.05) is 0 Å². The van der Waals surface area contributed by atoms with E-state index in [0.29, 0.717) is 24.7 Å². The Morgan fingerprint density at radius 2 is 1.10 bits per heavy atom. The van der Waals surface area contributed by atoms with Gasteiger partial charge in [0.2, 0.25) is 0 Å². The Kier molecular flexibility index (Phi) is 10.2. The molecule has 2 unspecified atom stereocenters. The summed E-state index contributed by atoms with van der Waals surface area (Å²) in [4.78, 5) is 22.7. The number of hydrogen-bond donors (Lipinski definition) is 0. The van der Waals surface area contributed by atoms with Gasteiger partial charge in [-0.1, -0.05) is 40.5 Å². The molecule has 0 rings (SSSR count). The standard InChI is InChI=1S/C16H28F2O3/c1-11(2)7-5-9-13(17)15(19)21-16(20)14(18)10-6-8-12(3)4/h11-14H,5-10H2,1-4H3. The van der Waals surface area contributed by atoms with Crippen molar-refractivity contribution in [3.05, 3.63) is 0 Å². The van der Waals surface area contributed by atoms with E-state index in [2.05, 4.69) is 4.74 Å². The molecule has 0 amide bonds. The van der Waals surface area contributed by atoms with Gasteiger partial charge in [-0.15, -0.1) is 0 Å². The lowest BCUT2D eigenvalue weighted by Gasteiger charge is -2.11. The molecule has 0 heterocycles. The maximum atomic E-state index is 13.5. The summed E-state index contributed by atoms with van der Waals surface area (Å²) < 4.78 is 31.2. The van der Waals surface area contributed by atoms with Crippen LogP contribution in [-0.4, -0.2) is 24.3 Å². The van der Waals surface area contributed by atoms with Crippen LogP contribution < -0.4 is 0 Å². The molecule has 21 heavy (non-hydrogen) atoms. The summed E-state index contributed by atoms with van der Waals surface area (Å²) in [5, 5.41) is 0. The average Bonchev–Trinajstić information content (AvgIpc) is 2.37. The van der Waals surface area contributed by atoms with Gasteiger partial charge in [0.15, 0.2) is 12.3 Å². The number of rotatable bonds is 10. The predicted molar refractivity (Wildman–Crippen MR) is 78.3 cm³/mol. The van der Waals surface area contributed by atoms with Crippen molar-refractivity contribution in [1.29, 1.82) is 0 Å². The zero-order valence-electron chi connectivity index (χ0n) is 13.5. The van der Waals surface area contributed by atoms with E-state index < -0.39 is 24.3 Å². The quantitative estimate of drug-likeness (QED) is 0.444. The van der Waals surface area contributed by atoms with Crippen LogP contribution in [0, 0.1) is 11.8 Å². The molecule has 0 saturated heterocycles. The van der Waals surface area contributed by atoms with Crippen LogP contribution in [0.5, 0.6) is 0 Å². The van der Waals surface area contributed by atoms with Crippen LogP contribution in [0.2, 0.25) is 0 Å². The van der Waals surface area contributed by atoms with Crippen molar-refractivity contribution in [2.45, 2.75) is 78.6 Å². The first-order valence-corrected chi connectivity index (χ1v) is 7.77. The minimum atomic E-state index is -1.85. The normalized spacial score (nSPS) is 14.3. The molecule has 3 nitrogen and oxygen atoms in total. The van der Waals surface area contributed by atoms with Crippen LogP contribution in [-0.2, 0) is 14.3 Å². The Hall–Kier alpha value is -1.00. The summed E-state index contributed by atoms with van der Waals surface area (Å²) in [5.41, 5.74) is 0. The fraction of sp³-hybridized carbons (Fsp3) is 0.875. The summed E-state index contributed by atoms with van der Waals surface area (Å²) in [6.07, 6.45) is -1.02. The molecule has 0 bridgehead atoms. The molecule has 0 saturated carbocycles. The molecular formula is C16H28F2O3. The Labute approximate surface area is 126 Å². The van der Waals surface area contributed by atoms with Gasteiger partial charge in [-0.25, -0.2) is 18.4 Å². The topological polar surface area (TPSA) is 43.4 Å².